The highest BCUT2D eigenvalue weighted by atomic mass is 16.3. The van der Waals surface area contributed by atoms with Crippen molar-refractivity contribution in [1.29, 1.82) is 0 Å². The Balaban J connectivity index is 1.80. The van der Waals surface area contributed by atoms with E-state index in [0.29, 0.717) is 0 Å². The molecule has 1 N–H and O–H groups in total. The fraction of sp³-hybridized carbons (Fsp3) is 0.294. The van der Waals surface area contributed by atoms with E-state index in [-0.39, 0.29) is 36.6 Å². The number of amides is 2. The highest BCUT2D eigenvalue weighted by Crippen LogP contribution is 2.18. The zero-order valence-corrected chi connectivity index (χ0v) is 12.8. The number of nitrogens with one attached hydrogen (secondary N) is 1. The zero-order chi connectivity index (χ0) is 15.9. The van der Waals surface area contributed by atoms with Crippen molar-refractivity contribution in [2.45, 2.75) is 19.4 Å². The van der Waals surface area contributed by atoms with Crippen molar-refractivity contribution in [3.8, 4) is 0 Å². The molecule has 2 rings (SSSR count). The van der Waals surface area contributed by atoms with E-state index in [4.69, 9.17) is 4.42 Å². The van der Waals surface area contributed by atoms with Crippen LogP contribution in [0.3, 0.4) is 0 Å². The Hall–Kier alpha value is -2.56. The Bertz CT molecular complexity index is 608. The molecule has 0 saturated heterocycles. The van der Waals surface area contributed by atoms with Gasteiger partial charge in [0.25, 0.3) is 5.91 Å². The Kier molecular flexibility index (Phi) is 5.36. The highest BCUT2D eigenvalue weighted by molar-refractivity contribution is 5.91. The Labute approximate surface area is 129 Å². The van der Waals surface area contributed by atoms with E-state index in [0.717, 1.165) is 5.56 Å². The Morgan fingerprint density at radius 1 is 1.18 bits per heavy atom. The topological polar surface area (TPSA) is 62.6 Å². The van der Waals surface area contributed by atoms with Crippen LogP contribution in [0.4, 0.5) is 0 Å². The second-order valence-corrected chi connectivity index (χ2v) is 5.07. The monoisotopic (exact) mass is 300 g/mol. The van der Waals surface area contributed by atoms with Crippen molar-refractivity contribution < 1.29 is 14.0 Å². The molecule has 0 spiro atoms. The molecule has 116 valence electrons. The van der Waals surface area contributed by atoms with Gasteiger partial charge in [0.1, 0.15) is 0 Å². The predicted molar refractivity (Wildman–Crippen MR) is 83.3 cm³/mol. The molecule has 1 aromatic carbocycles. The third kappa shape index (κ3) is 3.97. The van der Waals surface area contributed by atoms with Crippen LogP contribution in [0.15, 0.2) is 53.1 Å². The van der Waals surface area contributed by atoms with Crippen LogP contribution in [0.5, 0.6) is 0 Å². The van der Waals surface area contributed by atoms with Crippen molar-refractivity contribution >= 4 is 11.8 Å². The summed E-state index contributed by atoms with van der Waals surface area (Å²) >= 11 is 0. The van der Waals surface area contributed by atoms with Gasteiger partial charge in [-0.1, -0.05) is 30.3 Å². The van der Waals surface area contributed by atoms with E-state index in [2.05, 4.69) is 5.32 Å². The van der Waals surface area contributed by atoms with E-state index in [1.165, 1.54) is 6.26 Å². The molecule has 22 heavy (non-hydrogen) atoms. The molecule has 2 amide bonds. The lowest BCUT2D eigenvalue weighted by Gasteiger charge is -2.25. The molecule has 5 nitrogen and oxygen atoms in total. The van der Waals surface area contributed by atoms with Gasteiger partial charge in [0.15, 0.2) is 5.76 Å². The van der Waals surface area contributed by atoms with Gasteiger partial charge >= 0.3 is 0 Å². The largest absolute Gasteiger partial charge is 0.459 e. The fourth-order valence-corrected chi connectivity index (χ4v) is 2.13. The molecule has 0 saturated carbocycles. The summed E-state index contributed by atoms with van der Waals surface area (Å²) in [5, 5.41) is 2.67. The molecule has 1 heterocycles. The van der Waals surface area contributed by atoms with E-state index in [1.807, 2.05) is 37.3 Å². The van der Waals surface area contributed by atoms with E-state index >= 15 is 0 Å². The smallest absolute Gasteiger partial charge is 0.286 e. The first-order chi connectivity index (χ1) is 10.6. The summed E-state index contributed by atoms with van der Waals surface area (Å²) in [7, 11) is 1.77. The van der Waals surface area contributed by atoms with Gasteiger partial charge in [0.05, 0.1) is 12.3 Å². The van der Waals surface area contributed by atoms with Crippen LogP contribution in [0, 0.1) is 0 Å². The van der Waals surface area contributed by atoms with Crippen LogP contribution in [0.25, 0.3) is 0 Å². The molecule has 0 aliphatic carbocycles. The lowest BCUT2D eigenvalue weighted by molar-refractivity contribution is -0.131. The molecule has 1 atom stereocenters. The van der Waals surface area contributed by atoms with Crippen molar-refractivity contribution in [2.24, 2.45) is 0 Å². The fourth-order valence-electron chi connectivity index (χ4n) is 2.13. The maximum Gasteiger partial charge on any atom is 0.286 e. The third-order valence-corrected chi connectivity index (χ3v) is 3.63. The molecule has 0 radical (unpaired) electrons. The summed E-state index contributed by atoms with van der Waals surface area (Å²) in [6, 6.07) is 13.1. The van der Waals surface area contributed by atoms with Crippen LogP contribution in [0.1, 0.15) is 35.5 Å². The summed E-state index contributed by atoms with van der Waals surface area (Å²) < 4.78 is 4.99. The molecule has 0 aliphatic heterocycles. The van der Waals surface area contributed by atoms with E-state index in [9.17, 15) is 9.59 Å². The zero-order valence-electron chi connectivity index (χ0n) is 12.8. The number of nitrogens with zero attached hydrogens (tertiary/aromatic N) is 1. The maximum atomic E-state index is 12.2. The van der Waals surface area contributed by atoms with E-state index in [1.54, 1.807) is 24.1 Å². The quantitative estimate of drug-likeness (QED) is 0.892. The highest BCUT2D eigenvalue weighted by Gasteiger charge is 2.17. The Morgan fingerprint density at radius 3 is 2.55 bits per heavy atom. The number of furan rings is 1. The van der Waals surface area contributed by atoms with Crippen LogP contribution >= 0.6 is 0 Å². The average molecular weight is 300 g/mol. The minimum absolute atomic E-state index is 0.00512. The van der Waals surface area contributed by atoms with Crippen LogP contribution in [-0.4, -0.2) is 30.3 Å². The van der Waals surface area contributed by atoms with Gasteiger partial charge in [-0.15, -0.1) is 0 Å². The minimum Gasteiger partial charge on any atom is -0.459 e. The van der Waals surface area contributed by atoms with Gasteiger partial charge < -0.3 is 14.6 Å². The molecule has 0 fully saturated rings. The van der Waals surface area contributed by atoms with Gasteiger partial charge in [-0.25, -0.2) is 0 Å². The lowest BCUT2D eigenvalue weighted by Crippen LogP contribution is -2.33. The molecular weight excluding hydrogens is 280 g/mol. The van der Waals surface area contributed by atoms with Crippen molar-refractivity contribution in [3.05, 3.63) is 60.1 Å². The Morgan fingerprint density at radius 2 is 1.91 bits per heavy atom. The second kappa shape index (κ2) is 7.45. The number of hydrogen-bond acceptors (Lipinski definition) is 3. The molecular formula is C17H20N2O3. The summed E-state index contributed by atoms with van der Waals surface area (Å²) in [6.45, 7) is 2.26. The minimum atomic E-state index is -0.309. The van der Waals surface area contributed by atoms with Crippen LogP contribution in [-0.2, 0) is 4.79 Å². The number of carbonyl (C=O) groups is 2. The second-order valence-electron chi connectivity index (χ2n) is 5.07. The first-order valence-corrected chi connectivity index (χ1v) is 7.22. The molecule has 0 bridgehead atoms. The van der Waals surface area contributed by atoms with Gasteiger partial charge in [-0.05, 0) is 24.6 Å². The lowest BCUT2D eigenvalue weighted by atomic mass is 10.1. The molecule has 1 aromatic heterocycles. The SMILES string of the molecule is C[C@H](c1ccccc1)N(C)C(=O)CCNC(=O)c1ccco1. The normalized spacial score (nSPS) is 11.7. The van der Waals surface area contributed by atoms with E-state index < -0.39 is 0 Å². The standard InChI is InChI=1S/C17H20N2O3/c1-13(14-7-4-3-5-8-14)19(2)16(20)10-11-18-17(21)15-9-6-12-22-15/h3-9,12-13H,10-11H2,1-2H3,(H,18,21)/t13-/m1/s1. The van der Waals surface area contributed by atoms with Gasteiger partial charge in [-0.2, -0.15) is 0 Å². The first kappa shape index (κ1) is 15.8. The van der Waals surface area contributed by atoms with Gasteiger partial charge in [0.2, 0.25) is 5.91 Å². The molecule has 2 aromatic rings. The number of hydrogen-bond donors (Lipinski definition) is 1. The summed E-state index contributed by atoms with van der Waals surface area (Å²) in [6.07, 6.45) is 1.69. The van der Waals surface area contributed by atoms with Crippen molar-refractivity contribution in [3.63, 3.8) is 0 Å². The van der Waals surface area contributed by atoms with Crippen molar-refractivity contribution in [2.75, 3.05) is 13.6 Å². The number of rotatable bonds is 6. The van der Waals surface area contributed by atoms with Gasteiger partial charge in [-0.3, -0.25) is 9.59 Å². The van der Waals surface area contributed by atoms with Crippen molar-refractivity contribution in [1.82, 2.24) is 10.2 Å². The number of benzene rings is 1. The first-order valence-electron chi connectivity index (χ1n) is 7.22. The maximum absolute atomic E-state index is 12.2. The summed E-state index contributed by atoms with van der Waals surface area (Å²) in [5.41, 5.74) is 1.08. The molecule has 0 unspecified atom stereocenters. The van der Waals surface area contributed by atoms with Gasteiger partial charge in [0, 0.05) is 20.0 Å². The number of carbonyl (C=O) groups excluding carboxylic acids is 2. The predicted octanol–water partition coefficient (Wildman–Crippen LogP) is 2.62. The average Bonchev–Trinajstić information content (AvgIpc) is 3.08. The molecule has 5 heteroatoms. The van der Waals surface area contributed by atoms with Crippen LogP contribution < -0.4 is 5.32 Å². The molecule has 0 aliphatic rings. The van der Waals surface area contributed by atoms with Crippen LogP contribution in [0.2, 0.25) is 0 Å². The summed E-state index contributed by atoms with van der Waals surface area (Å²) in [4.78, 5) is 25.5. The third-order valence-electron chi connectivity index (χ3n) is 3.63. The summed E-state index contributed by atoms with van der Waals surface area (Å²) in [5.74, 6) is -0.0777.